The van der Waals surface area contributed by atoms with E-state index < -0.39 is 5.60 Å². The molecule has 0 aromatic heterocycles. The van der Waals surface area contributed by atoms with Crippen LogP contribution >= 0.6 is 0 Å². The Bertz CT molecular complexity index is 660. The Morgan fingerprint density at radius 3 is 2.41 bits per heavy atom. The van der Waals surface area contributed by atoms with Gasteiger partial charge in [-0.3, -0.25) is 0 Å². The zero-order chi connectivity index (χ0) is 15.7. The number of hydrogen-bond donors (Lipinski definition) is 1. The van der Waals surface area contributed by atoms with Gasteiger partial charge >= 0.3 is 0 Å². The van der Waals surface area contributed by atoms with Crippen molar-refractivity contribution in [3.8, 4) is 0 Å². The standard InChI is InChI=1S/C20H25NO/c1-20(22)18-10-6-4-8-16(18)14-15(12-13-21(2)3)17-9-5-7-11-19(17)20/h4-11,15,22H,12-14H2,1-3H3. The first-order valence-corrected chi connectivity index (χ1v) is 8.05. The molecule has 116 valence electrons. The highest BCUT2D eigenvalue weighted by atomic mass is 16.3. The fourth-order valence-corrected chi connectivity index (χ4v) is 3.66. The van der Waals surface area contributed by atoms with Crippen LogP contribution in [0.25, 0.3) is 0 Å². The highest BCUT2D eigenvalue weighted by Crippen LogP contribution is 2.42. The van der Waals surface area contributed by atoms with Crippen molar-refractivity contribution in [3.05, 3.63) is 70.8 Å². The van der Waals surface area contributed by atoms with Crippen molar-refractivity contribution in [1.29, 1.82) is 0 Å². The van der Waals surface area contributed by atoms with Gasteiger partial charge in [0, 0.05) is 0 Å². The molecule has 2 nitrogen and oxygen atoms in total. The normalized spacial score (nSPS) is 23.8. The van der Waals surface area contributed by atoms with Crippen LogP contribution in [0.1, 0.15) is 41.5 Å². The number of nitrogens with zero attached hydrogens (tertiary/aromatic N) is 1. The van der Waals surface area contributed by atoms with Gasteiger partial charge in [-0.1, -0.05) is 48.5 Å². The Morgan fingerprint density at radius 1 is 1.05 bits per heavy atom. The van der Waals surface area contributed by atoms with Gasteiger partial charge in [-0.2, -0.15) is 0 Å². The molecule has 2 aromatic carbocycles. The van der Waals surface area contributed by atoms with E-state index in [0.29, 0.717) is 5.92 Å². The summed E-state index contributed by atoms with van der Waals surface area (Å²) in [6.45, 7) is 2.99. The molecule has 0 aliphatic heterocycles. The molecule has 1 N–H and O–H groups in total. The van der Waals surface area contributed by atoms with Gasteiger partial charge in [0.25, 0.3) is 0 Å². The van der Waals surface area contributed by atoms with Gasteiger partial charge in [0.15, 0.2) is 0 Å². The zero-order valence-corrected chi connectivity index (χ0v) is 13.7. The van der Waals surface area contributed by atoms with Gasteiger partial charge in [-0.05, 0) is 68.6 Å². The van der Waals surface area contributed by atoms with E-state index in [1.807, 2.05) is 19.1 Å². The summed E-state index contributed by atoms with van der Waals surface area (Å²) in [6.07, 6.45) is 2.10. The predicted octanol–water partition coefficient (Wildman–Crippen LogP) is 3.53. The summed E-state index contributed by atoms with van der Waals surface area (Å²) < 4.78 is 0. The third-order valence-corrected chi connectivity index (χ3v) is 4.86. The number of fused-ring (bicyclic) bond motifs is 2. The van der Waals surface area contributed by atoms with E-state index in [4.69, 9.17) is 0 Å². The minimum Gasteiger partial charge on any atom is -0.381 e. The summed E-state index contributed by atoms with van der Waals surface area (Å²) >= 11 is 0. The van der Waals surface area contributed by atoms with Gasteiger partial charge in [0.05, 0.1) is 0 Å². The molecule has 2 unspecified atom stereocenters. The number of hydrogen-bond acceptors (Lipinski definition) is 2. The minimum atomic E-state index is -0.917. The molecule has 0 heterocycles. The Morgan fingerprint density at radius 2 is 1.68 bits per heavy atom. The van der Waals surface area contributed by atoms with Crippen LogP contribution < -0.4 is 0 Å². The van der Waals surface area contributed by atoms with Crippen molar-refractivity contribution >= 4 is 0 Å². The summed E-state index contributed by atoms with van der Waals surface area (Å²) in [6, 6.07) is 16.7. The molecule has 1 aliphatic rings. The summed E-state index contributed by atoms with van der Waals surface area (Å²) in [5.74, 6) is 0.453. The van der Waals surface area contributed by atoms with Gasteiger partial charge in [-0.15, -0.1) is 0 Å². The molecule has 0 spiro atoms. The number of benzene rings is 2. The first kappa shape index (κ1) is 15.3. The monoisotopic (exact) mass is 295 g/mol. The number of aliphatic hydroxyl groups is 1. The lowest BCUT2D eigenvalue weighted by atomic mass is 9.84. The molecule has 0 amide bonds. The van der Waals surface area contributed by atoms with Crippen molar-refractivity contribution in [2.75, 3.05) is 20.6 Å². The second kappa shape index (κ2) is 5.86. The van der Waals surface area contributed by atoms with Gasteiger partial charge in [0.1, 0.15) is 5.60 Å². The Hall–Kier alpha value is -1.64. The Balaban J connectivity index is 2.11. The molecule has 2 atom stereocenters. The highest BCUT2D eigenvalue weighted by Gasteiger charge is 2.35. The lowest BCUT2D eigenvalue weighted by Gasteiger charge is -2.27. The van der Waals surface area contributed by atoms with Crippen LogP contribution in [0.15, 0.2) is 48.5 Å². The van der Waals surface area contributed by atoms with E-state index in [2.05, 4.69) is 55.4 Å². The lowest BCUT2D eigenvalue weighted by Crippen LogP contribution is -2.24. The lowest BCUT2D eigenvalue weighted by molar-refractivity contribution is 0.101. The average Bonchev–Trinajstić information content (AvgIpc) is 2.60. The summed E-state index contributed by atoms with van der Waals surface area (Å²) in [7, 11) is 4.24. The maximum atomic E-state index is 11.2. The van der Waals surface area contributed by atoms with Gasteiger partial charge in [0.2, 0.25) is 0 Å². The van der Waals surface area contributed by atoms with Crippen molar-refractivity contribution in [3.63, 3.8) is 0 Å². The van der Waals surface area contributed by atoms with E-state index in [1.54, 1.807) is 0 Å². The van der Waals surface area contributed by atoms with Crippen molar-refractivity contribution in [1.82, 2.24) is 4.90 Å². The van der Waals surface area contributed by atoms with E-state index in [0.717, 1.165) is 30.5 Å². The Kier molecular flexibility index (Phi) is 4.07. The first-order valence-electron chi connectivity index (χ1n) is 8.05. The third kappa shape index (κ3) is 2.69. The van der Waals surface area contributed by atoms with E-state index in [-0.39, 0.29) is 0 Å². The van der Waals surface area contributed by atoms with Crippen LogP contribution in [0.4, 0.5) is 0 Å². The van der Waals surface area contributed by atoms with Crippen LogP contribution in [-0.2, 0) is 12.0 Å². The third-order valence-electron chi connectivity index (χ3n) is 4.86. The van der Waals surface area contributed by atoms with Gasteiger partial charge < -0.3 is 10.0 Å². The second-order valence-electron chi connectivity index (χ2n) is 6.81. The van der Waals surface area contributed by atoms with Crippen molar-refractivity contribution in [2.45, 2.75) is 31.3 Å². The Labute approximate surface area is 133 Å². The molecular weight excluding hydrogens is 270 g/mol. The largest absolute Gasteiger partial charge is 0.381 e. The molecule has 0 bridgehead atoms. The van der Waals surface area contributed by atoms with E-state index >= 15 is 0 Å². The molecule has 2 aromatic rings. The molecule has 0 saturated heterocycles. The SMILES string of the molecule is CN(C)CCC1Cc2ccccc2C(C)(O)c2ccccc21. The molecule has 2 heteroatoms. The smallest absolute Gasteiger partial charge is 0.112 e. The van der Waals surface area contributed by atoms with Crippen molar-refractivity contribution < 1.29 is 5.11 Å². The molecule has 0 saturated carbocycles. The number of rotatable bonds is 3. The molecule has 1 aliphatic carbocycles. The van der Waals surface area contributed by atoms with Crippen LogP contribution in [0.3, 0.4) is 0 Å². The van der Waals surface area contributed by atoms with Crippen LogP contribution in [0.5, 0.6) is 0 Å². The maximum Gasteiger partial charge on any atom is 0.112 e. The molecule has 22 heavy (non-hydrogen) atoms. The molecule has 0 fully saturated rings. The van der Waals surface area contributed by atoms with E-state index in [9.17, 15) is 5.11 Å². The fourth-order valence-electron chi connectivity index (χ4n) is 3.66. The zero-order valence-electron chi connectivity index (χ0n) is 13.7. The molecule has 0 radical (unpaired) electrons. The predicted molar refractivity (Wildman–Crippen MR) is 91.2 cm³/mol. The second-order valence-corrected chi connectivity index (χ2v) is 6.81. The minimum absolute atomic E-state index is 0.453. The van der Waals surface area contributed by atoms with Crippen LogP contribution in [0, 0.1) is 0 Å². The van der Waals surface area contributed by atoms with Gasteiger partial charge in [-0.25, -0.2) is 0 Å². The summed E-state index contributed by atoms with van der Waals surface area (Å²) in [5.41, 5.74) is 3.76. The molecule has 3 rings (SSSR count). The van der Waals surface area contributed by atoms with Crippen LogP contribution in [0.2, 0.25) is 0 Å². The topological polar surface area (TPSA) is 23.5 Å². The fraction of sp³-hybridized carbons (Fsp3) is 0.400. The summed E-state index contributed by atoms with van der Waals surface area (Å²) in [5, 5.41) is 11.2. The molecular formula is C20H25NO. The quantitative estimate of drug-likeness (QED) is 0.936. The first-order chi connectivity index (χ1) is 10.5. The summed E-state index contributed by atoms with van der Waals surface area (Å²) in [4.78, 5) is 2.23. The maximum absolute atomic E-state index is 11.2. The van der Waals surface area contributed by atoms with Crippen LogP contribution in [-0.4, -0.2) is 30.6 Å². The average molecular weight is 295 g/mol. The van der Waals surface area contributed by atoms with Crippen molar-refractivity contribution in [2.24, 2.45) is 0 Å². The highest BCUT2D eigenvalue weighted by molar-refractivity contribution is 5.48. The van der Waals surface area contributed by atoms with E-state index in [1.165, 1.54) is 11.1 Å².